The third-order valence-corrected chi connectivity index (χ3v) is 4.98. The maximum absolute atomic E-state index is 11.4. The number of hydrogen-bond acceptors (Lipinski definition) is 4. The lowest BCUT2D eigenvalue weighted by atomic mass is 9.99. The average molecular weight is 395 g/mol. The second-order valence-corrected chi connectivity index (χ2v) is 6.91. The summed E-state index contributed by atoms with van der Waals surface area (Å²) in [6.45, 7) is 2.01. The van der Waals surface area contributed by atoms with E-state index in [0.29, 0.717) is 11.4 Å². The zero-order valence-electron chi connectivity index (χ0n) is 16.8. The molecule has 0 aliphatic rings. The Labute approximate surface area is 175 Å². The molecule has 0 saturated heterocycles. The number of carbonyl (C=O) groups is 1. The van der Waals surface area contributed by atoms with Crippen molar-refractivity contribution in [2.75, 3.05) is 7.11 Å². The van der Waals surface area contributed by atoms with Gasteiger partial charge in [0.25, 0.3) is 0 Å². The Hall–Kier alpha value is -3.99. The molecule has 4 aromatic rings. The molecular weight excluding hydrogens is 374 g/mol. The molecule has 3 aromatic carbocycles. The molecule has 2 N–H and O–H groups in total. The SMILES string of the molecule is COc1ccc(-c2nc(-c3ccccc3)c(C)c(-c3ccc(C(N)=O)cc3)n2)cc1. The third kappa shape index (κ3) is 3.78. The predicted octanol–water partition coefficient (Wildman–Crippen LogP) is 4.89. The van der Waals surface area contributed by atoms with Crippen LogP contribution in [0.25, 0.3) is 33.9 Å². The second-order valence-electron chi connectivity index (χ2n) is 6.91. The first kappa shape index (κ1) is 19.3. The molecule has 1 heterocycles. The van der Waals surface area contributed by atoms with Crippen molar-refractivity contribution in [3.8, 4) is 39.7 Å². The van der Waals surface area contributed by atoms with Crippen LogP contribution in [0.4, 0.5) is 0 Å². The number of rotatable bonds is 5. The van der Waals surface area contributed by atoms with E-state index in [0.717, 1.165) is 39.4 Å². The topological polar surface area (TPSA) is 78.1 Å². The first-order chi connectivity index (χ1) is 14.6. The highest BCUT2D eigenvalue weighted by molar-refractivity contribution is 5.93. The molecule has 0 unspecified atom stereocenters. The van der Waals surface area contributed by atoms with Crippen LogP contribution >= 0.6 is 0 Å². The van der Waals surface area contributed by atoms with Crippen molar-refractivity contribution in [3.63, 3.8) is 0 Å². The van der Waals surface area contributed by atoms with Gasteiger partial charge in [0.15, 0.2) is 5.82 Å². The lowest BCUT2D eigenvalue weighted by Gasteiger charge is -2.14. The highest BCUT2D eigenvalue weighted by Crippen LogP contribution is 2.32. The van der Waals surface area contributed by atoms with Crippen LogP contribution in [-0.2, 0) is 0 Å². The van der Waals surface area contributed by atoms with Crippen LogP contribution in [0.5, 0.6) is 5.75 Å². The Morgan fingerprint density at radius 2 is 1.30 bits per heavy atom. The summed E-state index contributed by atoms with van der Waals surface area (Å²) >= 11 is 0. The van der Waals surface area contributed by atoms with Gasteiger partial charge in [-0.2, -0.15) is 0 Å². The maximum atomic E-state index is 11.4. The van der Waals surface area contributed by atoms with Gasteiger partial charge >= 0.3 is 0 Å². The fourth-order valence-corrected chi connectivity index (χ4v) is 3.34. The minimum atomic E-state index is -0.454. The number of ether oxygens (including phenoxy) is 1. The van der Waals surface area contributed by atoms with Crippen LogP contribution in [0.2, 0.25) is 0 Å². The fraction of sp³-hybridized carbons (Fsp3) is 0.0800. The molecule has 148 valence electrons. The van der Waals surface area contributed by atoms with Crippen LogP contribution in [0.3, 0.4) is 0 Å². The number of primary amides is 1. The van der Waals surface area contributed by atoms with Crippen LogP contribution in [0, 0.1) is 6.92 Å². The lowest BCUT2D eigenvalue weighted by molar-refractivity contribution is 0.100. The molecule has 1 amide bonds. The zero-order chi connectivity index (χ0) is 21.1. The van der Waals surface area contributed by atoms with Gasteiger partial charge in [-0.25, -0.2) is 9.97 Å². The number of methoxy groups -OCH3 is 1. The standard InChI is InChI=1S/C25H21N3O2/c1-16-22(17-6-4-3-5-7-17)27-25(20-12-14-21(30-2)15-13-20)28-23(16)18-8-10-19(11-9-18)24(26)29/h3-15H,1-2H3,(H2,26,29). The summed E-state index contributed by atoms with van der Waals surface area (Å²) in [5, 5.41) is 0. The molecule has 5 heteroatoms. The Kier molecular flexibility index (Phi) is 5.26. The maximum Gasteiger partial charge on any atom is 0.248 e. The predicted molar refractivity (Wildman–Crippen MR) is 118 cm³/mol. The van der Waals surface area contributed by atoms with E-state index in [1.165, 1.54) is 0 Å². The molecule has 0 saturated carbocycles. The van der Waals surface area contributed by atoms with Gasteiger partial charge in [0.05, 0.1) is 18.5 Å². The normalized spacial score (nSPS) is 10.6. The minimum absolute atomic E-state index is 0.454. The van der Waals surface area contributed by atoms with E-state index < -0.39 is 5.91 Å². The van der Waals surface area contributed by atoms with Gasteiger partial charge in [0, 0.05) is 27.8 Å². The van der Waals surface area contributed by atoms with Gasteiger partial charge in [-0.05, 0) is 43.3 Å². The highest BCUT2D eigenvalue weighted by atomic mass is 16.5. The van der Waals surface area contributed by atoms with Crippen molar-refractivity contribution in [2.45, 2.75) is 6.92 Å². The molecule has 0 aliphatic carbocycles. The van der Waals surface area contributed by atoms with Crippen LogP contribution in [-0.4, -0.2) is 23.0 Å². The van der Waals surface area contributed by atoms with Crippen molar-refractivity contribution in [1.29, 1.82) is 0 Å². The smallest absolute Gasteiger partial charge is 0.248 e. The van der Waals surface area contributed by atoms with E-state index >= 15 is 0 Å². The summed E-state index contributed by atoms with van der Waals surface area (Å²) in [6.07, 6.45) is 0. The molecule has 0 fully saturated rings. The molecule has 30 heavy (non-hydrogen) atoms. The van der Waals surface area contributed by atoms with E-state index in [1.807, 2.05) is 73.7 Å². The summed E-state index contributed by atoms with van der Waals surface area (Å²) in [4.78, 5) is 21.2. The van der Waals surface area contributed by atoms with Gasteiger partial charge < -0.3 is 10.5 Å². The Balaban J connectivity index is 1.90. The molecule has 0 aliphatic heterocycles. The molecule has 0 spiro atoms. The third-order valence-electron chi connectivity index (χ3n) is 4.98. The molecular formula is C25H21N3O2. The largest absolute Gasteiger partial charge is 0.497 e. The van der Waals surface area contributed by atoms with Gasteiger partial charge in [-0.1, -0.05) is 42.5 Å². The van der Waals surface area contributed by atoms with Gasteiger partial charge in [0.2, 0.25) is 5.91 Å². The quantitative estimate of drug-likeness (QED) is 0.522. The monoisotopic (exact) mass is 395 g/mol. The number of hydrogen-bond donors (Lipinski definition) is 1. The van der Waals surface area contributed by atoms with Crippen molar-refractivity contribution in [1.82, 2.24) is 9.97 Å². The lowest BCUT2D eigenvalue weighted by Crippen LogP contribution is -2.10. The van der Waals surface area contributed by atoms with Crippen molar-refractivity contribution >= 4 is 5.91 Å². The number of nitrogens with two attached hydrogens (primary N) is 1. The fourth-order valence-electron chi connectivity index (χ4n) is 3.34. The number of carbonyl (C=O) groups excluding carboxylic acids is 1. The summed E-state index contributed by atoms with van der Waals surface area (Å²) in [5.74, 6) is 0.942. The number of benzene rings is 3. The first-order valence-electron chi connectivity index (χ1n) is 9.55. The molecule has 0 radical (unpaired) electrons. The van der Waals surface area contributed by atoms with Gasteiger partial charge in [-0.3, -0.25) is 4.79 Å². The van der Waals surface area contributed by atoms with Crippen molar-refractivity contribution < 1.29 is 9.53 Å². The van der Waals surface area contributed by atoms with Crippen molar-refractivity contribution in [2.24, 2.45) is 5.73 Å². The number of nitrogens with zero attached hydrogens (tertiary/aromatic N) is 2. The summed E-state index contributed by atoms with van der Waals surface area (Å²) < 4.78 is 5.26. The number of amides is 1. The highest BCUT2D eigenvalue weighted by Gasteiger charge is 2.16. The molecule has 0 bridgehead atoms. The van der Waals surface area contributed by atoms with Crippen LogP contribution in [0.15, 0.2) is 78.9 Å². The van der Waals surface area contributed by atoms with Crippen molar-refractivity contribution in [3.05, 3.63) is 90.0 Å². The van der Waals surface area contributed by atoms with E-state index in [9.17, 15) is 4.79 Å². The molecule has 5 nitrogen and oxygen atoms in total. The summed E-state index contributed by atoms with van der Waals surface area (Å²) in [6, 6.07) is 24.9. The van der Waals surface area contributed by atoms with Gasteiger partial charge in [-0.15, -0.1) is 0 Å². The average Bonchev–Trinajstić information content (AvgIpc) is 2.80. The Morgan fingerprint density at radius 1 is 0.767 bits per heavy atom. The molecule has 1 aromatic heterocycles. The number of aromatic nitrogens is 2. The van der Waals surface area contributed by atoms with E-state index in [2.05, 4.69) is 0 Å². The molecule has 0 atom stereocenters. The van der Waals surface area contributed by atoms with Crippen LogP contribution < -0.4 is 10.5 Å². The first-order valence-corrected chi connectivity index (χ1v) is 9.55. The zero-order valence-corrected chi connectivity index (χ0v) is 16.8. The van der Waals surface area contributed by atoms with E-state index in [4.69, 9.17) is 20.4 Å². The van der Waals surface area contributed by atoms with Gasteiger partial charge in [0.1, 0.15) is 5.75 Å². The summed E-state index contributed by atoms with van der Waals surface area (Å²) in [5.41, 5.74) is 11.3. The minimum Gasteiger partial charge on any atom is -0.497 e. The van der Waals surface area contributed by atoms with E-state index in [-0.39, 0.29) is 0 Å². The van der Waals surface area contributed by atoms with E-state index in [1.54, 1.807) is 19.2 Å². The Bertz CT molecular complexity index is 1190. The Morgan fingerprint density at radius 3 is 1.83 bits per heavy atom. The summed E-state index contributed by atoms with van der Waals surface area (Å²) in [7, 11) is 1.64. The second kappa shape index (κ2) is 8.17. The van der Waals surface area contributed by atoms with Crippen LogP contribution in [0.1, 0.15) is 15.9 Å². The molecule has 4 rings (SSSR count).